The number of nitrogens with zero attached hydrogens (tertiary/aromatic N) is 2. The lowest BCUT2D eigenvalue weighted by molar-refractivity contribution is -0.140. The lowest BCUT2D eigenvalue weighted by atomic mass is 9.72. The Morgan fingerprint density at radius 3 is 2.22 bits per heavy atom. The minimum atomic E-state index is -4.66. The number of furan rings is 1. The molecule has 1 saturated carbocycles. The van der Waals surface area contributed by atoms with E-state index in [1.807, 2.05) is 30.3 Å². The highest BCUT2D eigenvalue weighted by Gasteiger charge is 2.39. The van der Waals surface area contributed by atoms with Crippen LogP contribution in [0.2, 0.25) is 0 Å². The van der Waals surface area contributed by atoms with Crippen LogP contribution in [0.25, 0.3) is 33.6 Å². The fraction of sp³-hybridized carbons (Fsp3) is 0.250. The van der Waals surface area contributed by atoms with Gasteiger partial charge in [-0.3, -0.25) is 0 Å². The van der Waals surface area contributed by atoms with Crippen LogP contribution in [0.15, 0.2) is 64.2 Å². The highest BCUT2D eigenvalue weighted by molar-refractivity contribution is 7.98. The summed E-state index contributed by atoms with van der Waals surface area (Å²) in [5.74, 6) is 0.329. The first kappa shape index (κ1) is 21.0. The maximum atomic E-state index is 14.0. The minimum Gasteiger partial charge on any atom is -0.437 e. The van der Waals surface area contributed by atoms with Crippen molar-refractivity contribution in [2.24, 2.45) is 5.73 Å². The second-order valence-electron chi connectivity index (χ2n) is 8.00. The van der Waals surface area contributed by atoms with Gasteiger partial charge in [-0.15, -0.1) is 0 Å². The summed E-state index contributed by atoms with van der Waals surface area (Å²) in [5.41, 5.74) is 7.64. The molecule has 1 fully saturated rings. The number of aromatic nitrogens is 2. The Balaban J connectivity index is 1.77. The van der Waals surface area contributed by atoms with Crippen LogP contribution in [-0.4, -0.2) is 16.2 Å². The normalized spacial score (nSPS) is 15.7. The van der Waals surface area contributed by atoms with Crippen molar-refractivity contribution < 1.29 is 17.6 Å². The Bertz CT molecular complexity index is 1280. The number of benzene rings is 2. The molecule has 5 rings (SSSR count). The number of rotatable bonds is 4. The van der Waals surface area contributed by atoms with Gasteiger partial charge in [0.15, 0.2) is 10.9 Å². The molecule has 0 saturated heterocycles. The van der Waals surface area contributed by atoms with E-state index in [4.69, 9.17) is 10.2 Å². The molecule has 0 radical (unpaired) electrons. The molecule has 4 nitrogen and oxygen atoms in total. The molecule has 164 valence electrons. The molecule has 0 unspecified atom stereocenters. The molecular weight excluding hydrogens is 435 g/mol. The van der Waals surface area contributed by atoms with Gasteiger partial charge in [-0.25, -0.2) is 4.98 Å². The topological polar surface area (TPSA) is 64.9 Å². The Hall–Kier alpha value is -2.84. The van der Waals surface area contributed by atoms with Crippen LogP contribution in [0, 0.1) is 0 Å². The van der Waals surface area contributed by atoms with Crippen LogP contribution in [0.3, 0.4) is 0 Å². The quantitative estimate of drug-likeness (QED) is 0.276. The van der Waals surface area contributed by atoms with E-state index in [0.29, 0.717) is 22.5 Å². The highest BCUT2D eigenvalue weighted by atomic mass is 32.2. The molecule has 0 atom stereocenters. The fourth-order valence-electron chi connectivity index (χ4n) is 4.16. The zero-order valence-corrected chi connectivity index (χ0v) is 18.1. The summed E-state index contributed by atoms with van der Waals surface area (Å²) in [6, 6.07) is 16.4. The summed E-state index contributed by atoms with van der Waals surface area (Å²) in [6.07, 6.45) is -0.0827. The molecule has 0 spiro atoms. The number of alkyl halides is 3. The third-order valence-electron chi connectivity index (χ3n) is 6.01. The average molecular weight is 456 g/mol. The van der Waals surface area contributed by atoms with Gasteiger partial charge in [0.1, 0.15) is 5.76 Å². The largest absolute Gasteiger partial charge is 0.437 e. The summed E-state index contributed by atoms with van der Waals surface area (Å²) in [7, 11) is 0. The minimum absolute atomic E-state index is 0.00939. The van der Waals surface area contributed by atoms with Crippen molar-refractivity contribution in [3.05, 3.63) is 65.9 Å². The third kappa shape index (κ3) is 3.47. The van der Waals surface area contributed by atoms with Gasteiger partial charge in [-0.2, -0.15) is 18.2 Å². The number of hydrogen-bond donors (Lipinski definition) is 1. The Morgan fingerprint density at radius 2 is 1.66 bits per heavy atom. The first-order valence-electron chi connectivity index (χ1n) is 10.2. The molecular formula is C24H20F3N3OS. The number of thioether (sulfide) groups is 1. The second kappa shape index (κ2) is 7.64. The molecule has 2 aromatic heterocycles. The van der Waals surface area contributed by atoms with Crippen molar-refractivity contribution in [3.8, 4) is 22.5 Å². The van der Waals surface area contributed by atoms with Crippen molar-refractivity contribution in [1.29, 1.82) is 0 Å². The maximum absolute atomic E-state index is 14.0. The molecule has 0 amide bonds. The van der Waals surface area contributed by atoms with Crippen LogP contribution < -0.4 is 5.73 Å². The van der Waals surface area contributed by atoms with Crippen LogP contribution >= 0.6 is 11.8 Å². The predicted octanol–water partition coefficient (Wildman–Crippen LogP) is 6.64. The maximum Gasteiger partial charge on any atom is 0.434 e. The summed E-state index contributed by atoms with van der Waals surface area (Å²) >= 11 is 1.04. The molecule has 0 bridgehead atoms. The van der Waals surface area contributed by atoms with Gasteiger partial charge in [-0.1, -0.05) is 66.4 Å². The SMILES string of the molecule is CSc1nc(C(F)(F)F)c2c(-c3ccccc3)c(-c3ccc(C4(N)CCC4)cc3)oc2n1. The van der Waals surface area contributed by atoms with E-state index in [9.17, 15) is 13.2 Å². The van der Waals surface area contributed by atoms with Crippen molar-refractivity contribution in [1.82, 2.24) is 9.97 Å². The number of fused-ring (bicyclic) bond motifs is 1. The Morgan fingerprint density at radius 1 is 0.969 bits per heavy atom. The third-order valence-corrected chi connectivity index (χ3v) is 6.56. The van der Waals surface area contributed by atoms with Gasteiger partial charge in [0.2, 0.25) is 5.71 Å². The highest BCUT2D eigenvalue weighted by Crippen LogP contribution is 2.46. The van der Waals surface area contributed by atoms with Gasteiger partial charge in [-0.05, 0) is 36.6 Å². The van der Waals surface area contributed by atoms with Crippen LogP contribution in [0.5, 0.6) is 0 Å². The molecule has 0 aliphatic heterocycles. The Kier molecular flexibility index (Phi) is 5.02. The molecule has 32 heavy (non-hydrogen) atoms. The Labute approximate surface area is 187 Å². The number of halogens is 3. The van der Waals surface area contributed by atoms with Crippen molar-refractivity contribution in [3.63, 3.8) is 0 Å². The van der Waals surface area contributed by atoms with Crippen molar-refractivity contribution in [2.45, 2.75) is 36.1 Å². The van der Waals surface area contributed by atoms with Crippen LogP contribution in [-0.2, 0) is 11.7 Å². The van der Waals surface area contributed by atoms with Gasteiger partial charge in [0.25, 0.3) is 0 Å². The lowest BCUT2D eigenvalue weighted by Gasteiger charge is -2.38. The van der Waals surface area contributed by atoms with E-state index in [1.54, 1.807) is 30.5 Å². The summed E-state index contributed by atoms with van der Waals surface area (Å²) in [5, 5.41) is -0.120. The van der Waals surface area contributed by atoms with Crippen LogP contribution in [0.4, 0.5) is 13.2 Å². The fourth-order valence-corrected chi connectivity index (χ4v) is 4.52. The summed E-state index contributed by atoms with van der Waals surface area (Å²) in [4.78, 5) is 8.04. The molecule has 1 aliphatic rings. The molecule has 4 aromatic rings. The van der Waals surface area contributed by atoms with Crippen molar-refractivity contribution >= 4 is 22.9 Å². The van der Waals surface area contributed by atoms with Gasteiger partial charge >= 0.3 is 6.18 Å². The van der Waals surface area contributed by atoms with E-state index in [0.717, 1.165) is 36.6 Å². The molecule has 1 aliphatic carbocycles. The average Bonchev–Trinajstić information content (AvgIpc) is 3.16. The monoisotopic (exact) mass is 455 g/mol. The predicted molar refractivity (Wildman–Crippen MR) is 119 cm³/mol. The van der Waals surface area contributed by atoms with E-state index >= 15 is 0 Å². The standard InChI is InChI=1S/C24H20F3N3OS/c1-32-22-29-20(24(25,26)27)18-17(14-6-3-2-4-7-14)19(31-21(18)30-22)15-8-10-16(11-9-15)23(28)12-5-13-23/h2-4,6-11H,5,12-13,28H2,1H3. The van der Waals surface area contributed by atoms with E-state index in [1.165, 1.54) is 0 Å². The van der Waals surface area contributed by atoms with Crippen molar-refractivity contribution in [2.75, 3.05) is 6.26 Å². The van der Waals surface area contributed by atoms with E-state index in [2.05, 4.69) is 9.97 Å². The number of nitrogens with two attached hydrogens (primary N) is 1. The van der Waals surface area contributed by atoms with E-state index in [-0.39, 0.29) is 21.8 Å². The van der Waals surface area contributed by atoms with Crippen LogP contribution in [0.1, 0.15) is 30.5 Å². The number of hydrogen-bond acceptors (Lipinski definition) is 5. The first-order valence-corrected chi connectivity index (χ1v) is 11.4. The first-order chi connectivity index (χ1) is 15.3. The van der Waals surface area contributed by atoms with Gasteiger partial charge in [0.05, 0.1) is 5.39 Å². The molecule has 2 N–H and O–H groups in total. The summed E-state index contributed by atoms with van der Waals surface area (Å²) < 4.78 is 48.0. The molecule has 2 heterocycles. The van der Waals surface area contributed by atoms with E-state index < -0.39 is 11.9 Å². The zero-order valence-electron chi connectivity index (χ0n) is 17.2. The summed E-state index contributed by atoms with van der Waals surface area (Å²) in [6.45, 7) is 0. The van der Waals surface area contributed by atoms with Gasteiger partial charge < -0.3 is 10.2 Å². The lowest BCUT2D eigenvalue weighted by Crippen LogP contribution is -2.43. The smallest absolute Gasteiger partial charge is 0.434 e. The zero-order chi connectivity index (χ0) is 22.5. The molecule has 8 heteroatoms. The second-order valence-corrected chi connectivity index (χ2v) is 8.77. The van der Waals surface area contributed by atoms with Gasteiger partial charge in [0, 0.05) is 16.7 Å². The molecule has 2 aromatic carbocycles.